The molecule has 0 spiro atoms. The van der Waals surface area contributed by atoms with Gasteiger partial charge in [-0.25, -0.2) is 5.48 Å². The number of aliphatic hydroxyl groups is 1. The molecule has 38 heavy (non-hydrogen) atoms. The van der Waals surface area contributed by atoms with E-state index in [4.69, 9.17) is 19.4 Å². The third-order valence-corrected chi connectivity index (χ3v) is 6.86. The zero-order valence-corrected chi connectivity index (χ0v) is 21.6. The maximum Gasteiger partial charge on any atom is 0.244 e. The number of fused-ring (bicyclic) bond motifs is 1. The van der Waals surface area contributed by atoms with Crippen LogP contribution in [0.3, 0.4) is 0 Å². The molecule has 3 aromatic carbocycles. The van der Waals surface area contributed by atoms with E-state index in [0.717, 1.165) is 27.8 Å². The van der Waals surface area contributed by atoms with Crippen molar-refractivity contribution in [3.8, 4) is 28.4 Å². The maximum absolute atomic E-state index is 13.3. The van der Waals surface area contributed by atoms with Gasteiger partial charge in [0.1, 0.15) is 0 Å². The zero-order chi connectivity index (χ0) is 27.2. The molecule has 0 heterocycles. The standard InChI is InChI=1S/C29H32N2O7/c1-36-24-14-20(15-25(37-2)28(24)38-3)18-10-8-17(9-11-18)12-21(16-26(33)31-35)29(34)30-27-22-7-5-4-6-19(22)13-23(27)32/h4-11,14-15,21,23,27,32,35H,12-13,16H2,1-3H3,(H,30,34)(H,31,33)/t21-,23-,27+/m1/s1. The molecule has 2 amide bonds. The fourth-order valence-electron chi connectivity index (χ4n) is 4.91. The molecule has 0 aliphatic heterocycles. The largest absolute Gasteiger partial charge is 0.493 e. The van der Waals surface area contributed by atoms with Gasteiger partial charge in [0.15, 0.2) is 11.5 Å². The monoisotopic (exact) mass is 520 g/mol. The number of hydrogen-bond acceptors (Lipinski definition) is 7. The van der Waals surface area contributed by atoms with Gasteiger partial charge < -0.3 is 24.6 Å². The second-order valence-electron chi connectivity index (χ2n) is 9.21. The van der Waals surface area contributed by atoms with Crippen molar-refractivity contribution >= 4 is 11.8 Å². The first-order valence-electron chi connectivity index (χ1n) is 12.3. The minimum atomic E-state index is -0.755. The van der Waals surface area contributed by atoms with E-state index >= 15 is 0 Å². The number of ether oxygens (including phenoxy) is 3. The first-order chi connectivity index (χ1) is 18.4. The minimum absolute atomic E-state index is 0.207. The van der Waals surface area contributed by atoms with Crippen LogP contribution in [0, 0.1) is 5.92 Å². The van der Waals surface area contributed by atoms with E-state index in [0.29, 0.717) is 23.7 Å². The summed E-state index contributed by atoms with van der Waals surface area (Å²) in [6.45, 7) is 0. The van der Waals surface area contributed by atoms with Crippen molar-refractivity contribution in [3.63, 3.8) is 0 Å². The molecule has 1 aliphatic rings. The van der Waals surface area contributed by atoms with E-state index in [2.05, 4.69) is 5.32 Å². The van der Waals surface area contributed by atoms with Crippen LogP contribution in [0.25, 0.3) is 11.1 Å². The van der Waals surface area contributed by atoms with Gasteiger partial charge in [-0.05, 0) is 46.4 Å². The van der Waals surface area contributed by atoms with Gasteiger partial charge in [0.2, 0.25) is 17.6 Å². The Morgan fingerprint density at radius 1 is 0.947 bits per heavy atom. The van der Waals surface area contributed by atoms with Crippen LogP contribution >= 0.6 is 0 Å². The highest BCUT2D eigenvalue weighted by Crippen LogP contribution is 2.41. The maximum atomic E-state index is 13.3. The number of nitrogens with one attached hydrogen (secondary N) is 2. The van der Waals surface area contributed by atoms with Crippen LogP contribution in [0.4, 0.5) is 0 Å². The predicted octanol–water partition coefficient (Wildman–Crippen LogP) is 3.21. The summed E-state index contributed by atoms with van der Waals surface area (Å²) < 4.78 is 16.3. The number of methoxy groups -OCH3 is 3. The van der Waals surface area contributed by atoms with E-state index < -0.39 is 24.0 Å². The van der Waals surface area contributed by atoms with Crippen molar-refractivity contribution < 1.29 is 34.1 Å². The second-order valence-corrected chi connectivity index (χ2v) is 9.21. The summed E-state index contributed by atoms with van der Waals surface area (Å²) in [7, 11) is 4.66. The average Bonchev–Trinajstić information content (AvgIpc) is 3.26. The molecule has 9 heteroatoms. The summed E-state index contributed by atoms with van der Waals surface area (Å²) in [5, 5.41) is 22.5. The Morgan fingerprint density at radius 2 is 1.61 bits per heavy atom. The van der Waals surface area contributed by atoms with Crippen LogP contribution in [-0.4, -0.2) is 49.6 Å². The molecular formula is C29H32N2O7. The Morgan fingerprint density at radius 3 is 2.21 bits per heavy atom. The highest BCUT2D eigenvalue weighted by molar-refractivity contribution is 5.86. The molecule has 1 aliphatic carbocycles. The first kappa shape index (κ1) is 27.0. The molecule has 0 radical (unpaired) electrons. The molecule has 0 unspecified atom stereocenters. The van der Waals surface area contributed by atoms with Crippen molar-refractivity contribution in [2.24, 2.45) is 5.92 Å². The Kier molecular flexibility index (Phi) is 8.50. The van der Waals surface area contributed by atoms with Crippen LogP contribution in [0.5, 0.6) is 17.2 Å². The number of carbonyl (C=O) groups excluding carboxylic acids is 2. The number of rotatable bonds is 10. The summed E-state index contributed by atoms with van der Waals surface area (Å²) in [4.78, 5) is 25.3. The molecule has 4 rings (SSSR count). The van der Waals surface area contributed by atoms with Crippen LogP contribution in [0.15, 0.2) is 60.7 Å². The Balaban J connectivity index is 1.53. The number of hydrogen-bond donors (Lipinski definition) is 4. The van der Waals surface area contributed by atoms with E-state index in [1.54, 1.807) is 26.8 Å². The van der Waals surface area contributed by atoms with Crippen molar-refractivity contribution in [3.05, 3.63) is 77.4 Å². The van der Waals surface area contributed by atoms with Gasteiger partial charge in [0.05, 0.1) is 39.4 Å². The molecule has 0 bridgehead atoms. The van der Waals surface area contributed by atoms with Crippen molar-refractivity contribution in [1.82, 2.24) is 10.8 Å². The van der Waals surface area contributed by atoms with Gasteiger partial charge in [0, 0.05) is 12.8 Å². The molecule has 0 saturated carbocycles. The zero-order valence-electron chi connectivity index (χ0n) is 21.6. The first-order valence-corrected chi connectivity index (χ1v) is 12.3. The lowest BCUT2D eigenvalue weighted by molar-refractivity contribution is -0.135. The van der Waals surface area contributed by atoms with Crippen molar-refractivity contribution in [2.75, 3.05) is 21.3 Å². The van der Waals surface area contributed by atoms with E-state index in [1.165, 1.54) is 0 Å². The van der Waals surface area contributed by atoms with Gasteiger partial charge in [-0.1, -0.05) is 48.5 Å². The van der Waals surface area contributed by atoms with Gasteiger partial charge in [-0.15, -0.1) is 0 Å². The van der Waals surface area contributed by atoms with Gasteiger partial charge in [0.25, 0.3) is 0 Å². The highest BCUT2D eigenvalue weighted by atomic mass is 16.5. The Hall–Kier alpha value is -4.08. The van der Waals surface area contributed by atoms with Gasteiger partial charge in [-0.3, -0.25) is 14.8 Å². The fraction of sp³-hybridized carbons (Fsp3) is 0.310. The minimum Gasteiger partial charge on any atom is -0.493 e. The molecule has 0 aromatic heterocycles. The molecule has 3 atom stereocenters. The van der Waals surface area contributed by atoms with Crippen LogP contribution in [0.2, 0.25) is 0 Å². The third-order valence-electron chi connectivity index (χ3n) is 6.86. The highest BCUT2D eigenvalue weighted by Gasteiger charge is 2.34. The molecule has 200 valence electrons. The van der Waals surface area contributed by atoms with Crippen LogP contribution < -0.4 is 25.0 Å². The summed E-state index contributed by atoms with van der Waals surface area (Å²) in [5.41, 5.74) is 6.05. The Bertz CT molecular complexity index is 1270. The summed E-state index contributed by atoms with van der Waals surface area (Å²) in [6, 6.07) is 18.3. The normalized spacial score (nSPS) is 16.8. The summed E-state index contributed by atoms with van der Waals surface area (Å²) >= 11 is 0. The van der Waals surface area contributed by atoms with Crippen LogP contribution in [-0.2, 0) is 22.4 Å². The lowest BCUT2D eigenvalue weighted by Gasteiger charge is -2.22. The SMILES string of the molecule is COc1cc(-c2ccc(C[C@H](CC(=O)NO)C(=O)N[C@H]3c4ccccc4C[C@H]3O)cc2)cc(OC)c1OC. The number of hydroxylamine groups is 1. The quantitative estimate of drug-likeness (QED) is 0.239. The number of aliphatic hydroxyl groups excluding tert-OH is 1. The number of amides is 2. The lowest BCUT2D eigenvalue weighted by Crippen LogP contribution is -2.40. The van der Waals surface area contributed by atoms with E-state index in [1.807, 2.05) is 60.7 Å². The molecular weight excluding hydrogens is 488 g/mol. The fourth-order valence-corrected chi connectivity index (χ4v) is 4.91. The summed E-state index contributed by atoms with van der Waals surface area (Å²) in [6.07, 6.45) is -0.243. The summed E-state index contributed by atoms with van der Waals surface area (Å²) in [5.74, 6) is -0.216. The lowest BCUT2D eigenvalue weighted by atomic mass is 9.93. The smallest absolute Gasteiger partial charge is 0.244 e. The molecule has 0 saturated heterocycles. The van der Waals surface area contributed by atoms with E-state index in [9.17, 15) is 14.7 Å². The second kappa shape index (κ2) is 12.0. The molecule has 9 nitrogen and oxygen atoms in total. The molecule has 3 aromatic rings. The average molecular weight is 521 g/mol. The van der Waals surface area contributed by atoms with Crippen molar-refractivity contribution in [2.45, 2.75) is 31.4 Å². The molecule has 4 N–H and O–H groups in total. The van der Waals surface area contributed by atoms with Crippen molar-refractivity contribution in [1.29, 1.82) is 0 Å². The topological polar surface area (TPSA) is 126 Å². The van der Waals surface area contributed by atoms with E-state index in [-0.39, 0.29) is 18.7 Å². The molecule has 0 fully saturated rings. The van der Waals surface area contributed by atoms with Crippen LogP contribution in [0.1, 0.15) is 29.2 Å². The van der Waals surface area contributed by atoms with Gasteiger partial charge >= 0.3 is 0 Å². The third kappa shape index (κ3) is 5.74. The Labute approximate surface area is 221 Å². The predicted molar refractivity (Wildman–Crippen MR) is 140 cm³/mol. The van der Waals surface area contributed by atoms with Gasteiger partial charge in [-0.2, -0.15) is 0 Å². The number of carbonyl (C=O) groups is 2. The number of benzene rings is 3.